The van der Waals surface area contributed by atoms with E-state index in [9.17, 15) is 19.5 Å². The van der Waals surface area contributed by atoms with E-state index in [0.717, 1.165) is 5.69 Å². The molecule has 0 saturated heterocycles. The maximum atomic E-state index is 13.2. The lowest BCUT2D eigenvalue weighted by atomic mass is 10.3. The predicted molar refractivity (Wildman–Crippen MR) is 103 cm³/mol. The zero-order valence-corrected chi connectivity index (χ0v) is 16.3. The van der Waals surface area contributed by atoms with Gasteiger partial charge in [0.15, 0.2) is 0 Å². The van der Waals surface area contributed by atoms with Gasteiger partial charge in [-0.05, 0) is 31.2 Å². The van der Waals surface area contributed by atoms with E-state index in [4.69, 9.17) is 14.2 Å². The molecule has 2 rings (SSSR count). The number of aliphatic carboxylic acids is 1. The average Bonchev–Trinajstić information content (AvgIpc) is 2.61. The van der Waals surface area contributed by atoms with Crippen LogP contribution in [0.5, 0.6) is 11.5 Å². The van der Waals surface area contributed by atoms with Crippen LogP contribution in [0.4, 0.5) is 11.4 Å². The van der Waals surface area contributed by atoms with Gasteiger partial charge in [-0.2, -0.15) is 5.09 Å². The van der Waals surface area contributed by atoms with Gasteiger partial charge in [-0.1, -0.05) is 6.07 Å². The zero-order chi connectivity index (χ0) is 20.9. The minimum atomic E-state index is -4.18. The van der Waals surface area contributed by atoms with E-state index in [1.807, 2.05) is 25.1 Å². The van der Waals surface area contributed by atoms with Crippen LogP contribution in [0, 0.1) is 10.1 Å². The number of rotatable bonds is 9. The molecule has 2 N–H and O–H groups in total. The molecule has 11 heteroatoms. The summed E-state index contributed by atoms with van der Waals surface area (Å²) in [5.74, 6) is -1.04. The molecule has 0 radical (unpaired) electrons. The first kappa shape index (κ1) is 21.2. The molecule has 10 nitrogen and oxygen atoms in total. The first-order valence-corrected chi connectivity index (χ1v) is 9.65. The summed E-state index contributed by atoms with van der Waals surface area (Å²) in [5, 5.41) is 22.2. The van der Waals surface area contributed by atoms with E-state index in [2.05, 4.69) is 5.09 Å². The number of carbonyl (C=O) groups is 1. The number of carboxylic acids is 1. The molecule has 28 heavy (non-hydrogen) atoms. The van der Waals surface area contributed by atoms with Crippen LogP contribution >= 0.6 is 7.75 Å². The fourth-order valence-electron chi connectivity index (χ4n) is 2.09. The topological polar surface area (TPSA) is 131 Å². The second kappa shape index (κ2) is 8.73. The van der Waals surface area contributed by atoms with Crippen molar-refractivity contribution in [2.75, 3.05) is 19.0 Å². The van der Waals surface area contributed by atoms with Crippen LogP contribution in [-0.4, -0.2) is 36.1 Å². The van der Waals surface area contributed by atoms with E-state index in [-0.39, 0.29) is 17.2 Å². The van der Waals surface area contributed by atoms with Crippen LogP contribution in [-0.2, 0) is 9.36 Å². The lowest BCUT2D eigenvalue weighted by molar-refractivity contribution is -0.384. The molecule has 0 aliphatic rings. The number of nitro groups is 1. The number of non-ortho nitro benzene ring substituents is 1. The minimum Gasteiger partial charge on any atom is -0.480 e. The molecule has 0 aliphatic heterocycles. The van der Waals surface area contributed by atoms with E-state index in [0.29, 0.717) is 0 Å². The van der Waals surface area contributed by atoms with Crippen molar-refractivity contribution in [1.82, 2.24) is 5.09 Å². The highest BCUT2D eigenvalue weighted by atomic mass is 31.2. The second-order valence-electron chi connectivity index (χ2n) is 6.01. The van der Waals surface area contributed by atoms with Gasteiger partial charge < -0.3 is 19.1 Å². The number of nitrogens with zero attached hydrogens (tertiary/aromatic N) is 2. The van der Waals surface area contributed by atoms with E-state index < -0.39 is 24.7 Å². The maximum absolute atomic E-state index is 13.2. The van der Waals surface area contributed by atoms with Crippen molar-refractivity contribution < 1.29 is 28.4 Å². The molecule has 0 amide bonds. The fourth-order valence-corrected chi connectivity index (χ4v) is 3.61. The highest BCUT2D eigenvalue weighted by molar-refractivity contribution is 7.52. The van der Waals surface area contributed by atoms with Crippen molar-refractivity contribution in [3.8, 4) is 11.5 Å². The number of nitrogens with one attached hydrogen (secondary N) is 1. The zero-order valence-electron chi connectivity index (χ0n) is 15.4. The Morgan fingerprint density at radius 2 is 1.79 bits per heavy atom. The van der Waals surface area contributed by atoms with Gasteiger partial charge in [0.1, 0.15) is 17.5 Å². The largest absolute Gasteiger partial charge is 0.513 e. The fraction of sp³-hybridized carbons (Fsp3) is 0.235. The molecule has 2 aromatic carbocycles. The number of hydrogen-bond acceptors (Lipinski definition) is 7. The standard InChI is InChI=1S/C17H20N3O7P/c1-12(17(21)22)18-28(25,26-15-9-7-13(8-10-15)20(23)24)27-16-6-4-5-14(11-16)19(2)3/h4-12H,1-3H3,(H,18,25)(H,21,22)/t12-,28?/m0/s1. The first-order chi connectivity index (χ1) is 13.1. The summed E-state index contributed by atoms with van der Waals surface area (Å²) >= 11 is 0. The van der Waals surface area contributed by atoms with Crippen LogP contribution < -0.4 is 19.0 Å². The third-order valence-electron chi connectivity index (χ3n) is 3.55. The third kappa shape index (κ3) is 5.70. The van der Waals surface area contributed by atoms with Crippen LogP contribution in [0.3, 0.4) is 0 Å². The molecule has 0 spiro atoms. The SMILES string of the molecule is C[C@H](NP(=O)(Oc1ccc([N+](=O)[O-])cc1)Oc1cccc(N(C)C)c1)C(=O)O. The van der Waals surface area contributed by atoms with Gasteiger partial charge >= 0.3 is 13.7 Å². The van der Waals surface area contributed by atoms with Crippen molar-refractivity contribution in [3.63, 3.8) is 0 Å². The Balaban J connectivity index is 2.31. The quantitative estimate of drug-likeness (QED) is 0.364. The molecular weight excluding hydrogens is 389 g/mol. The summed E-state index contributed by atoms with van der Waals surface area (Å²) in [7, 11) is -0.549. The lowest BCUT2D eigenvalue weighted by Crippen LogP contribution is -2.34. The van der Waals surface area contributed by atoms with Gasteiger partial charge in [0.25, 0.3) is 5.69 Å². The van der Waals surface area contributed by atoms with Crippen molar-refractivity contribution in [2.45, 2.75) is 13.0 Å². The molecule has 1 unspecified atom stereocenters. The molecule has 0 heterocycles. The Bertz CT molecular complexity index is 902. The number of nitro benzene ring substituents is 1. The summed E-state index contributed by atoms with van der Waals surface area (Å²) in [4.78, 5) is 23.1. The molecule has 0 saturated carbocycles. The molecule has 0 fully saturated rings. The first-order valence-electron chi connectivity index (χ1n) is 8.11. The maximum Gasteiger partial charge on any atom is 0.513 e. The molecule has 0 aromatic heterocycles. The van der Waals surface area contributed by atoms with Gasteiger partial charge in [0, 0.05) is 38.0 Å². The van der Waals surface area contributed by atoms with Crippen LogP contribution in [0.15, 0.2) is 48.5 Å². The Hall–Kier alpha value is -3.10. The lowest BCUT2D eigenvalue weighted by Gasteiger charge is -2.23. The monoisotopic (exact) mass is 409 g/mol. The van der Waals surface area contributed by atoms with Crippen LogP contribution in [0.1, 0.15) is 6.92 Å². The van der Waals surface area contributed by atoms with Gasteiger partial charge in [-0.15, -0.1) is 0 Å². The highest BCUT2D eigenvalue weighted by Gasteiger charge is 2.33. The smallest absolute Gasteiger partial charge is 0.480 e. The third-order valence-corrected chi connectivity index (χ3v) is 5.16. The number of benzene rings is 2. The normalized spacial score (nSPS) is 13.8. The molecule has 0 bridgehead atoms. The minimum absolute atomic E-state index is 0.0165. The van der Waals surface area contributed by atoms with Crippen molar-refractivity contribution in [1.29, 1.82) is 0 Å². The summed E-state index contributed by atoms with van der Waals surface area (Å²) in [6.07, 6.45) is 0. The van der Waals surface area contributed by atoms with Gasteiger partial charge in [-0.3, -0.25) is 14.9 Å². The number of anilines is 1. The van der Waals surface area contributed by atoms with E-state index in [1.54, 1.807) is 18.2 Å². The average molecular weight is 409 g/mol. The van der Waals surface area contributed by atoms with Gasteiger partial charge in [0.05, 0.1) is 4.92 Å². The molecule has 2 aromatic rings. The van der Waals surface area contributed by atoms with Crippen molar-refractivity contribution in [3.05, 3.63) is 58.6 Å². The second-order valence-corrected chi connectivity index (χ2v) is 7.63. The highest BCUT2D eigenvalue weighted by Crippen LogP contribution is 2.46. The molecule has 2 atom stereocenters. The number of hydrogen-bond donors (Lipinski definition) is 2. The molecule has 0 aliphatic carbocycles. The predicted octanol–water partition coefficient (Wildman–Crippen LogP) is 3.29. The Morgan fingerprint density at radius 1 is 1.18 bits per heavy atom. The van der Waals surface area contributed by atoms with Crippen molar-refractivity contribution in [2.24, 2.45) is 0 Å². The Morgan fingerprint density at radius 3 is 2.32 bits per heavy atom. The van der Waals surface area contributed by atoms with Crippen LogP contribution in [0.2, 0.25) is 0 Å². The molecular formula is C17H20N3O7P. The summed E-state index contributed by atoms with van der Waals surface area (Å²) in [6.45, 7) is 1.29. The van der Waals surface area contributed by atoms with Gasteiger partial charge in [0.2, 0.25) is 0 Å². The summed E-state index contributed by atoms with van der Waals surface area (Å²) < 4.78 is 24.1. The van der Waals surface area contributed by atoms with Gasteiger partial charge in [-0.25, -0.2) is 4.57 Å². The van der Waals surface area contributed by atoms with E-state index in [1.165, 1.54) is 31.2 Å². The number of carboxylic acid groups (broad SMARTS) is 1. The van der Waals surface area contributed by atoms with Crippen LogP contribution in [0.25, 0.3) is 0 Å². The van der Waals surface area contributed by atoms with Crippen molar-refractivity contribution >= 4 is 25.1 Å². The summed E-state index contributed by atoms with van der Waals surface area (Å²) in [5.41, 5.74) is 0.597. The Kier molecular flexibility index (Phi) is 6.61. The van der Waals surface area contributed by atoms with E-state index >= 15 is 0 Å². The Labute approximate surface area is 161 Å². The molecule has 150 valence electrons. The summed E-state index contributed by atoms with van der Waals surface area (Å²) in [6, 6.07) is 10.3.